The molecule has 0 bridgehead atoms. The number of aromatic amines is 1. The summed E-state index contributed by atoms with van der Waals surface area (Å²) in [7, 11) is 0. The Bertz CT molecular complexity index is 529. The fourth-order valence-corrected chi connectivity index (χ4v) is 1.83. The van der Waals surface area contributed by atoms with Crippen LogP contribution in [0.2, 0.25) is 0 Å². The van der Waals surface area contributed by atoms with Crippen LogP contribution in [0.3, 0.4) is 0 Å². The van der Waals surface area contributed by atoms with Crippen LogP contribution >= 0.6 is 15.9 Å². The lowest BCUT2D eigenvalue weighted by atomic mass is 10.3. The van der Waals surface area contributed by atoms with Gasteiger partial charge in [0, 0.05) is 17.2 Å². The Hall–Kier alpha value is -1.33. The van der Waals surface area contributed by atoms with Crippen LogP contribution < -0.4 is 11.3 Å². The third kappa shape index (κ3) is 1.75. The van der Waals surface area contributed by atoms with Gasteiger partial charge in [-0.3, -0.25) is 9.89 Å². The first kappa shape index (κ1) is 10.2. The van der Waals surface area contributed by atoms with Crippen molar-refractivity contribution in [3.63, 3.8) is 0 Å². The fraction of sp³-hybridized carbons (Fsp3) is 0.100. The van der Waals surface area contributed by atoms with E-state index in [4.69, 9.17) is 5.73 Å². The number of halogens is 1. The molecule has 78 valence electrons. The molecule has 0 spiro atoms. The normalized spacial score (nSPS) is 10.5. The number of aromatic nitrogens is 2. The molecule has 0 aliphatic heterocycles. The van der Waals surface area contributed by atoms with E-state index in [1.54, 1.807) is 6.20 Å². The predicted molar refractivity (Wildman–Crippen MR) is 62.0 cm³/mol. The number of hydrogen-bond acceptors (Lipinski definition) is 2. The van der Waals surface area contributed by atoms with E-state index in [9.17, 15) is 4.79 Å². The molecule has 0 fully saturated rings. The van der Waals surface area contributed by atoms with E-state index in [2.05, 4.69) is 21.0 Å². The quantitative estimate of drug-likeness (QED) is 0.864. The molecule has 0 amide bonds. The molecule has 2 rings (SSSR count). The van der Waals surface area contributed by atoms with Crippen molar-refractivity contribution in [2.45, 2.75) is 6.54 Å². The van der Waals surface area contributed by atoms with E-state index >= 15 is 0 Å². The van der Waals surface area contributed by atoms with Crippen LogP contribution in [-0.4, -0.2) is 9.78 Å². The zero-order chi connectivity index (χ0) is 10.8. The van der Waals surface area contributed by atoms with Crippen LogP contribution in [-0.2, 0) is 6.54 Å². The lowest BCUT2D eigenvalue weighted by Gasteiger charge is -2.03. The number of nitrogens with two attached hydrogens (primary N) is 1. The number of nitrogens with one attached hydrogen (secondary N) is 1. The molecular formula is C10H10BrN3O. The van der Waals surface area contributed by atoms with E-state index in [0.717, 1.165) is 10.2 Å². The molecule has 3 N–H and O–H groups in total. The van der Waals surface area contributed by atoms with Crippen molar-refractivity contribution in [3.05, 3.63) is 50.9 Å². The summed E-state index contributed by atoms with van der Waals surface area (Å²) >= 11 is 3.39. The Morgan fingerprint density at radius 3 is 2.73 bits per heavy atom. The van der Waals surface area contributed by atoms with Gasteiger partial charge in [-0.05, 0) is 28.1 Å². The average Bonchev–Trinajstić information content (AvgIpc) is 2.60. The first-order chi connectivity index (χ1) is 7.24. The summed E-state index contributed by atoms with van der Waals surface area (Å²) in [5.41, 5.74) is 6.68. The molecule has 0 saturated carbocycles. The van der Waals surface area contributed by atoms with Gasteiger partial charge in [0.15, 0.2) is 0 Å². The predicted octanol–water partition coefficient (Wildman–Crippen LogP) is 1.39. The molecule has 0 saturated heterocycles. The van der Waals surface area contributed by atoms with Crippen molar-refractivity contribution in [2.75, 3.05) is 0 Å². The van der Waals surface area contributed by atoms with Crippen molar-refractivity contribution >= 4 is 15.9 Å². The number of rotatable bonds is 2. The smallest absolute Gasteiger partial charge is 0.275 e. The molecular weight excluding hydrogens is 258 g/mol. The average molecular weight is 268 g/mol. The van der Waals surface area contributed by atoms with Crippen LogP contribution in [0.1, 0.15) is 5.56 Å². The largest absolute Gasteiger partial charge is 0.326 e. The van der Waals surface area contributed by atoms with Gasteiger partial charge in [-0.25, -0.2) is 4.68 Å². The van der Waals surface area contributed by atoms with E-state index < -0.39 is 0 Å². The highest BCUT2D eigenvalue weighted by molar-refractivity contribution is 9.10. The second-order valence-corrected chi connectivity index (χ2v) is 3.95. The Morgan fingerprint density at radius 1 is 1.40 bits per heavy atom. The zero-order valence-electron chi connectivity index (χ0n) is 7.90. The highest BCUT2D eigenvalue weighted by Crippen LogP contribution is 2.18. The van der Waals surface area contributed by atoms with Gasteiger partial charge in [-0.1, -0.05) is 12.1 Å². The molecule has 1 aromatic heterocycles. The summed E-state index contributed by atoms with van der Waals surface area (Å²) in [4.78, 5) is 11.8. The molecule has 15 heavy (non-hydrogen) atoms. The summed E-state index contributed by atoms with van der Waals surface area (Å²) < 4.78 is 2.32. The highest BCUT2D eigenvalue weighted by atomic mass is 79.9. The number of hydrogen-bond donors (Lipinski definition) is 2. The summed E-state index contributed by atoms with van der Waals surface area (Å²) in [5.74, 6) is 0. The zero-order valence-corrected chi connectivity index (χ0v) is 9.49. The van der Waals surface area contributed by atoms with E-state index in [1.807, 2.05) is 24.3 Å². The number of para-hydroxylation sites is 1. The highest BCUT2D eigenvalue weighted by Gasteiger charge is 2.07. The molecule has 0 atom stereocenters. The molecule has 0 unspecified atom stereocenters. The maximum atomic E-state index is 11.8. The van der Waals surface area contributed by atoms with Crippen LogP contribution in [0.5, 0.6) is 0 Å². The number of nitrogens with zero attached hydrogens (tertiary/aromatic N) is 1. The first-order valence-corrected chi connectivity index (χ1v) is 5.27. The minimum absolute atomic E-state index is 0.107. The van der Waals surface area contributed by atoms with Gasteiger partial charge in [0.05, 0.1) is 11.3 Å². The molecule has 0 radical (unpaired) electrons. The van der Waals surface area contributed by atoms with Crippen molar-refractivity contribution in [1.82, 2.24) is 9.78 Å². The lowest BCUT2D eigenvalue weighted by Crippen LogP contribution is -2.19. The topological polar surface area (TPSA) is 63.8 Å². The minimum Gasteiger partial charge on any atom is -0.326 e. The third-order valence-electron chi connectivity index (χ3n) is 2.16. The summed E-state index contributed by atoms with van der Waals surface area (Å²) in [6.07, 6.45) is 1.63. The second kappa shape index (κ2) is 4.04. The number of benzene rings is 1. The summed E-state index contributed by atoms with van der Waals surface area (Å²) in [6, 6.07) is 7.49. The fourth-order valence-electron chi connectivity index (χ4n) is 1.36. The van der Waals surface area contributed by atoms with Crippen molar-refractivity contribution in [3.8, 4) is 5.69 Å². The SMILES string of the molecule is NCc1c[nH]n(-c2ccccc2Br)c1=O. The van der Waals surface area contributed by atoms with Gasteiger partial charge in [0.1, 0.15) is 0 Å². The maximum Gasteiger partial charge on any atom is 0.275 e. The van der Waals surface area contributed by atoms with E-state index in [0.29, 0.717) is 5.56 Å². The second-order valence-electron chi connectivity index (χ2n) is 3.09. The van der Waals surface area contributed by atoms with Gasteiger partial charge in [0.25, 0.3) is 5.56 Å². The van der Waals surface area contributed by atoms with Crippen molar-refractivity contribution in [1.29, 1.82) is 0 Å². The molecule has 0 aliphatic rings. The summed E-state index contributed by atoms with van der Waals surface area (Å²) in [6.45, 7) is 0.243. The monoisotopic (exact) mass is 267 g/mol. The molecule has 0 aliphatic carbocycles. The number of H-pyrrole nitrogens is 1. The van der Waals surface area contributed by atoms with E-state index in [1.165, 1.54) is 4.68 Å². The molecule has 4 nitrogen and oxygen atoms in total. The van der Waals surface area contributed by atoms with Gasteiger partial charge in [-0.15, -0.1) is 0 Å². The lowest BCUT2D eigenvalue weighted by molar-refractivity contribution is 0.841. The van der Waals surface area contributed by atoms with Crippen LogP contribution in [0, 0.1) is 0 Å². The Balaban J connectivity index is 2.60. The van der Waals surface area contributed by atoms with E-state index in [-0.39, 0.29) is 12.1 Å². The molecule has 5 heteroatoms. The van der Waals surface area contributed by atoms with Gasteiger partial charge >= 0.3 is 0 Å². The maximum absolute atomic E-state index is 11.8. The van der Waals surface area contributed by atoms with Crippen molar-refractivity contribution in [2.24, 2.45) is 5.73 Å². The molecule has 1 aromatic carbocycles. The molecule has 1 heterocycles. The van der Waals surface area contributed by atoms with Crippen molar-refractivity contribution < 1.29 is 0 Å². The van der Waals surface area contributed by atoms with Crippen LogP contribution in [0.15, 0.2) is 39.7 Å². The summed E-state index contributed by atoms with van der Waals surface area (Å²) in [5, 5.41) is 2.88. The van der Waals surface area contributed by atoms with Gasteiger partial charge in [0.2, 0.25) is 0 Å². The van der Waals surface area contributed by atoms with Crippen LogP contribution in [0.25, 0.3) is 5.69 Å². The third-order valence-corrected chi connectivity index (χ3v) is 2.83. The Labute approximate surface area is 94.8 Å². The van der Waals surface area contributed by atoms with Gasteiger partial charge < -0.3 is 5.73 Å². The van der Waals surface area contributed by atoms with Gasteiger partial charge in [-0.2, -0.15) is 0 Å². The van der Waals surface area contributed by atoms with Crippen LogP contribution in [0.4, 0.5) is 0 Å². The molecule has 2 aromatic rings. The Kier molecular flexibility index (Phi) is 2.75. The first-order valence-electron chi connectivity index (χ1n) is 4.48. The Morgan fingerprint density at radius 2 is 2.13 bits per heavy atom. The standard InChI is InChI=1S/C10H10BrN3O/c11-8-3-1-2-4-9(8)14-10(15)7(5-12)6-13-14/h1-4,6,13H,5,12H2. The minimum atomic E-state index is -0.107.